The van der Waals surface area contributed by atoms with Crippen LogP contribution < -0.4 is 5.73 Å². The third-order valence-corrected chi connectivity index (χ3v) is 3.15. The molecule has 2 aromatic heterocycles. The van der Waals surface area contributed by atoms with Gasteiger partial charge >= 0.3 is 0 Å². The maximum absolute atomic E-state index is 5.75. The molecule has 0 saturated heterocycles. The summed E-state index contributed by atoms with van der Waals surface area (Å²) in [6.07, 6.45) is 3.46. The van der Waals surface area contributed by atoms with Gasteiger partial charge in [-0.05, 0) is 30.3 Å². The largest absolute Gasteiger partial charge is 0.324 e. The Morgan fingerprint density at radius 1 is 1.44 bits per heavy atom. The van der Waals surface area contributed by atoms with Gasteiger partial charge in [0.05, 0.1) is 0 Å². The van der Waals surface area contributed by atoms with Crippen molar-refractivity contribution >= 4 is 11.8 Å². The summed E-state index contributed by atoms with van der Waals surface area (Å²) in [5.74, 6) is 0. The summed E-state index contributed by atoms with van der Waals surface area (Å²) < 4.78 is 1.85. The molecule has 1 atom stereocenters. The van der Waals surface area contributed by atoms with Gasteiger partial charge in [0.2, 0.25) is 0 Å². The van der Waals surface area contributed by atoms with Crippen molar-refractivity contribution in [3.63, 3.8) is 0 Å². The van der Waals surface area contributed by atoms with Crippen LogP contribution in [0.2, 0.25) is 0 Å². The first kappa shape index (κ1) is 11.1. The lowest BCUT2D eigenvalue weighted by Crippen LogP contribution is -2.05. The number of pyridine rings is 1. The monoisotopic (exact) mass is 235 g/mol. The van der Waals surface area contributed by atoms with Gasteiger partial charge in [-0.1, -0.05) is 6.07 Å². The molecule has 2 N–H and O–H groups in total. The molecule has 0 unspecified atom stereocenters. The summed E-state index contributed by atoms with van der Waals surface area (Å²) in [6.45, 7) is 1.94. The van der Waals surface area contributed by atoms with E-state index in [1.165, 1.54) is 11.8 Å². The second-order valence-electron chi connectivity index (χ2n) is 3.54. The first-order valence-corrected chi connectivity index (χ1v) is 5.72. The average molecular weight is 235 g/mol. The fourth-order valence-electron chi connectivity index (χ4n) is 1.18. The molecule has 2 rings (SSSR count). The smallest absolute Gasteiger partial charge is 0.197 e. The van der Waals surface area contributed by atoms with Crippen molar-refractivity contribution in [1.29, 1.82) is 0 Å². The second kappa shape index (κ2) is 4.63. The van der Waals surface area contributed by atoms with E-state index in [9.17, 15) is 0 Å². The van der Waals surface area contributed by atoms with Crippen LogP contribution in [0.25, 0.3) is 0 Å². The molecule has 0 aliphatic rings. The molecule has 0 saturated carbocycles. The molecule has 5 nitrogen and oxygen atoms in total. The summed E-state index contributed by atoms with van der Waals surface area (Å²) in [7, 11) is 1.90. The Bertz CT molecular complexity index is 462. The Morgan fingerprint density at radius 2 is 2.25 bits per heavy atom. The van der Waals surface area contributed by atoms with E-state index >= 15 is 0 Å². The van der Waals surface area contributed by atoms with E-state index < -0.39 is 0 Å². The molecule has 6 heteroatoms. The molecule has 0 amide bonds. The molecule has 0 spiro atoms. The third-order valence-electron chi connectivity index (χ3n) is 2.15. The Morgan fingerprint density at radius 3 is 2.75 bits per heavy atom. The van der Waals surface area contributed by atoms with Crippen LogP contribution in [0.5, 0.6) is 0 Å². The maximum Gasteiger partial charge on any atom is 0.197 e. The minimum atomic E-state index is 0.0152. The Labute approximate surface area is 98.1 Å². The van der Waals surface area contributed by atoms with Gasteiger partial charge in [0.25, 0.3) is 0 Å². The number of nitrogens with two attached hydrogens (primary N) is 1. The highest BCUT2D eigenvalue weighted by atomic mass is 32.2. The van der Waals surface area contributed by atoms with Crippen molar-refractivity contribution in [1.82, 2.24) is 19.7 Å². The van der Waals surface area contributed by atoms with Gasteiger partial charge in [-0.2, -0.15) is 0 Å². The maximum atomic E-state index is 5.75. The van der Waals surface area contributed by atoms with Crippen LogP contribution in [0.1, 0.15) is 18.5 Å². The van der Waals surface area contributed by atoms with Gasteiger partial charge in [-0.15, -0.1) is 10.2 Å². The Hall–Kier alpha value is -1.40. The lowest BCUT2D eigenvalue weighted by molar-refractivity contribution is 0.785. The molecule has 0 fully saturated rings. The molecule has 0 aromatic carbocycles. The van der Waals surface area contributed by atoms with Gasteiger partial charge in [-0.25, -0.2) is 4.98 Å². The molecule has 0 bridgehead atoms. The Kier molecular flexibility index (Phi) is 3.21. The van der Waals surface area contributed by atoms with Gasteiger partial charge < -0.3 is 10.3 Å². The number of hydrogen-bond donors (Lipinski definition) is 1. The predicted octanol–water partition coefficient (Wildman–Crippen LogP) is 1.38. The zero-order valence-electron chi connectivity index (χ0n) is 9.16. The van der Waals surface area contributed by atoms with E-state index in [2.05, 4.69) is 15.2 Å². The van der Waals surface area contributed by atoms with Gasteiger partial charge in [-0.3, -0.25) is 0 Å². The highest BCUT2D eigenvalue weighted by Gasteiger charge is 2.05. The van der Waals surface area contributed by atoms with Crippen LogP contribution in [-0.4, -0.2) is 19.7 Å². The molecular weight excluding hydrogens is 222 g/mol. The van der Waals surface area contributed by atoms with Gasteiger partial charge in [0, 0.05) is 19.3 Å². The van der Waals surface area contributed by atoms with Crippen molar-refractivity contribution in [2.45, 2.75) is 23.1 Å². The summed E-state index contributed by atoms with van der Waals surface area (Å²) in [6, 6.07) is 3.94. The number of rotatable bonds is 3. The van der Waals surface area contributed by atoms with E-state index in [1.54, 1.807) is 12.5 Å². The van der Waals surface area contributed by atoms with Crippen molar-refractivity contribution in [2.75, 3.05) is 0 Å². The van der Waals surface area contributed by atoms with E-state index in [1.807, 2.05) is 30.7 Å². The SMILES string of the molecule is C[C@H](N)c1ccc(Sc2nncn2C)nc1. The van der Waals surface area contributed by atoms with Gasteiger partial charge in [0.15, 0.2) is 5.16 Å². The summed E-state index contributed by atoms with van der Waals surface area (Å²) in [5.41, 5.74) is 6.78. The van der Waals surface area contributed by atoms with Crippen molar-refractivity contribution in [2.24, 2.45) is 12.8 Å². The fourth-order valence-corrected chi connectivity index (χ4v) is 1.89. The van der Waals surface area contributed by atoms with Crippen LogP contribution in [0.4, 0.5) is 0 Å². The molecule has 0 aliphatic carbocycles. The molecule has 2 aromatic rings. The molecular formula is C10H13N5S. The van der Waals surface area contributed by atoms with Crippen LogP contribution in [0.15, 0.2) is 34.8 Å². The number of aromatic nitrogens is 4. The van der Waals surface area contributed by atoms with Crippen LogP contribution in [0.3, 0.4) is 0 Å². The van der Waals surface area contributed by atoms with Crippen molar-refractivity contribution in [3.8, 4) is 0 Å². The molecule has 16 heavy (non-hydrogen) atoms. The van der Waals surface area contributed by atoms with Crippen LogP contribution >= 0.6 is 11.8 Å². The van der Waals surface area contributed by atoms with E-state index in [-0.39, 0.29) is 6.04 Å². The first-order valence-electron chi connectivity index (χ1n) is 4.90. The van der Waals surface area contributed by atoms with E-state index in [4.69, 9.17) is 5.73 Å². The second-order valence-corrected chi connectivity index (χ2v) is 4.53. The summed E-state index contributed by atoms with van der Waals surface area (Å²) in [4.78, 5) is 4.32. The topological polar surface area (TPSA) is 69.6 Å². The molecule has 84 valence electrons. The van der Waals surface area contributed by atoms with Crippen molar-refractivity contribution in [3.05, 3.63) is 30.2 Å². The third kappa shape index (κ3) is 2.40. The van der Waals surface area contributed by atoms with Crippen molar-refractivity contribution < 1.29 is 0 Å². The Balaban J connectivity index is 2.14. The highest BCUT2D eigenvalue weighted by molar-refractivity contribution is 7.99. The predicted molar refractivity (Wildman–Crippen MR) is 62.0 cm³/mol. The number of aryl methyl sites for hydroxylation is 1. The fraction of sp³-hybridized carbons (Fsp3) is 0.300. The van der Waals surface area contributed by atoms with E-state index in [0.717, 1.165) is 15.7 Å². The minimum absolute atomic E-state index is 0.0152. The zero-order chi connectivity index (χ0) is 11.5. The standard InChI is InChI=1S/C10H13N5S/c1-7(11)8-3-4-9(12-5-8)16-10-14-13-6-15(10)2/h3-7H,11H2,1-2H3/t7-/m0/s1. The van der Waals surface area contributed by atoms with Gasteiger partial charge in [0.1, 0.15) is 11.4 Å². The lowest BCUT2D eigenvalue weighted by atomic mass is 10.2. The van der Waals surface area contributed by atoms with E-state index in [0.29, 0.717) is 0 Å². The van der Waals surface area contributed by atoms with Crippen LogP contribution in [0, 0.1) is 0 Å². The number of nitrogens with zero attached hydrogens (tertiary/aromatic N) is 4. The van der Waals surface area contributed by atoms with Crippen LogP contribution in [-0.2, 0) is 7.05 Å². The average Bonchev–Trinajstić information content (AvgIpc) is 2.65. The lowest BCUT2D eigenvalue weighted by Gasteiger charge is -2.05. The quantitative estimate of drug-likeness (QED) is 0.870. The minimum Gasteiger partial charge on any atom is -0.324 e. The normalized spacial score (nSPS) is 12.7. The zero-order valence-corrected chi connectivity index (χ0v) is 9.98. The molecule has 2 heterocycles. The summed E-state index contributed by atoms with van der Waals surface area (Å²) in [5, 5.41) is 9.50. The number of hydrogen-bond acceptors (Lipinski definition) is 5. The molecule has 0 aliphatic heterocycles. The summed E-state index contributed by atoms with van der Waals surface area (Å²) >= 11 is 1.48. The molecule has 0 radical (unpaired) electrons. The first-order chi connectivity index (χ1) is 7.66. The highest BCUT2D eigenvalue weighted by Crippen LogP contribution is 2.23.